The Morgan fingerprint density at radius 3 is 1.75 bits per heavy atom. The fraction of sp³-hybridized carbons (Fsp3) is 1.00. The molecule has 0 amide bonds. The van der Waals surface area contributed by atoms with Gasteiger partial charge in [-0.3, -0.25) is 0 Å². The Labute approximate surface area is 126 Å². The van der Waals surface area contributed by atoms with Gasteiger partial charge in [0.15, 0.2) is 0 Å². The molecule has 0 radical (unpaired) electrons. The van der Waals surface area contributed by atoms with Crippen molar-refractivity contribution in [3.63, 3.8) is 0 Å². The number of nitrogens with two attached hydrogens (primary N) is 1. The monoisotopic (exact) mass is 305 g/mol. The third-order valence-corrected chi connectivity index (χ3v) is 4.80. The predicted molar refractivity (Wildman–Crippen MR) is 88.8 cm³/mol. The highest BCUT2D eigenvalue weighted by Gasteiger charge is 2.06. The molecular formula is C16H35NO2S. The quantitative estimate of drug-likeness (QED) is 0.492. The Bertz CT molecular complexity index is 302. The normalized spacial score (nSPS) is 13.6. The van der Waals surface area contributed by atoms with Gasteiger partial charge in [0.1, 0.15) is 9.84 Å². The zero-order valence-corrected chi connectivity index (χ0v) is 14.4. The first-order chi connectivity index (χ1) is 9.45. The topological polar surface area (TPSA) is 60.2 Å². The van der Waals surface area contributed by atoms with Gasteiger partial charge < -0.3 is 5.73 Å². The van der Waals surface area contributed by atoms with Gasteiger partial charge in [-0.1, -0.05) is 64.7 Å². The van der Waals surface area contributed by atoms with Gasteiger partial charge in [-0.25, -0.2) is 8.42 Å². The second-order valence-electron chi connectivity index (χ2n) is 6.15. The zero-order valence-electron chi connectivity index (χ0n) is 13.6. The smallest absolute Gasteiger partial charge is 0.147 e. The second kappa shape index (κ2) is 12.6. The molecular weight excluding hydrogens is 270 g/mol. The molecule has 0 fully saturated rings. The molecule has 0 aliphatic carbocycles. The van der Waals surface area contributed by atoms with Crippen LogP contribution in [0.25, 0.3) is 0 Å². The molecule has 0 spiro atoms. The first kappa shape index (κ1) is 19.9. The molecule has 20 heavy (non-hydrogen) atoms. The first-order valence-corrected chi connectivity index (χ1v) is 10.4. The van der Waals surface area contributed by atoms with Crippen molar-refractivity contribution in [3.8, 4) is 0 Å². The van der Waals surface area contributed by atoms with Crippen molar-refractivity contribution in [2.24, 2.45) is 5.73 Å². The summed E-state index contributed by atoms with van der Waals surface area (Å²) >= 11 is 0. The van der Waals surface area contributed by atoms with Gasteiger partial charge >= 0.3 is 0 Å². The summed E-state index contributed by atoms with van der Waals surface area (Å²) in [5.41, 5.74) is 6.00. The molecule has 0 aromatic carbocycles. The predicted octanol–water partition coefficient (Wildman–Crippen LogP) is 4.06. The van der Waals surface area contributed by atoms with E-state index in [9.17, 15) is 8.42 Å². The van der Waals surface area contributed by atoms with Crippen LogP contribution in [-0.4, -0.2) is 26.5 Å². The maximum atomic E-state index is 11.0. The van der Waals surface area contributed by atoms with Crippen molar-refractivity contribution in [1.29, 1.82) is 0 Å². The van der Waals surface area contributed by atoms with Crippen LogP contribution in [-0.2, 0) is 9.84 Å². The molecule has 1 unspecified atom stereocenters. The number of hydrogen-bond donors (Lipinski definition) is 1. The minimum absolute atomic E-state index is 0.182. The van der Waals surface area contributed by atoms with Gasteiger partial charge in [0, 0.05) is 18.1 Å². The van der Waals surface area contributed by atoms with Crippen LogP contribution in [0, 0.1) is 0 Å². The number of rotatable bonds is 14. The summed E-state index contributed by atoms with van der Waals surface area (Å²) in [5, 5.41) is 0. The van der Waals surface area contributed by atoms with Crippen LogP contribution in [0.15, 0.2) is 0 Å². The Balaban J connectivity index is 3.25. The van der Waals surface area contributed by atoms with Crippen molar-refractivity contribution < 1.29 is 8.42 Å². The van der Waals surface area contributed by atoms with Crippen LogP contribution in [0.2, 0.25) is 0 Å². The molecule has 1 atom stereocenters. The van der Waals surface area contributed by atoms with Gasteiger partial charge in [-0.2, -0.15) is 0 Å². The minimum atomic E-state index is -2.82. The van der Waals surface area contributed by atoms with Crippen LogP contribution < -0.4 is 5.73 Å². The van der Waals surface area contributed by atoms with Crippen LogP contribution in [0.3, 0.4) is 0 Å². The lowest BCUT2D eigenvalue weighted by Gasteiger charge is -2.10. The standard InChI is InChI=1S/C16H35NO2S/c1-3-4-5-6-7-8-9-10-11-13-16(17)14-12-15-20(2,18)19/h16H,3-15,17H2,1-2H3. The highest BCUT2D eigenvalue weighted by atomic mass is 32.2. The summed E-state index contributed by atoms with van der Waals surface area (Å²) < 4.78 is 22.0. The second-order valence-corrected chi connectivity index (χ2v) is 8.41. The number of hydrogen-bond acceptors (Lipinski definition) is 3. The van der Waals surface area contributed by atoms with Gasteiger partial charge in [0.25, 0.3) is 0 Å². The maximum absolute atomic E-state index is 11.0. The van der Waals surface area contributed by atoms with Crippen molar-refractivity contribution in [3.05, 3.63) is 0 Å². The molecule has 0 aromatic heterocycles. The van der Waals surface area contributed by atoms with Crippen molar-refractivity contribution in [1.82, 2.24) is 0 Å². The summed E-state index contributed by atoms with van der Waals surface area (Å²) in [6.07, 6.45) is 15.9. The van der Waals surface area contributed by atoms with Gasteiger partial charge in [-0.15, -0.1) is 0 Å². The van der Waals surface area contributed by atoms with Crippen molar-refractivity contribution in [2.45, 2.75) is 90.0 Å². The lowest BCUT2D eigenvalue weighted by Crippen LogP contribution is -2.20. The molecule has 0 bridgehead atoms. The van der Waals surface area contributed by atoms with Crippen LogP contribution in [0.4, 0.5) is 0 Å². The molecule has 122 valence electrons. The van der Waals surface area contributed by atoms with E-state index in [0.29, 0.717) is 6.42 Å². The van der Waals surface area contributed by atoms with Gasteiger partial charge in [-0.05, 0) is 19.3 Å². The minimum Gasteiger partial charge on any atom is -0.328 e. The Hall–Kier alpha value is -0.0900. The van der Waals surface area contributed by atoms with E-state index in [1.54, 1.807) is 0 Å². The lowest BCUT2D eigenvalue weighted by molar-refractivity contribution is 0.502. The van der Waals surface area contributed by atoms with Gasteiger partial charge in [0.2, 0.25) is 0 Å². The molecule has 0 saturated heterocycles. The summed E-state index contributed by atoms with van der Waals surface area (Å²) in [4.78, 5) is 0. The molecule has 4 heteroatoms. The largest absolute Gasteiger partial charge is 0.328 e. The third kappa shape index (κ3) is 16.0. The van der Waals surface area contributed by atoms with E-state index in [2.05, 4.69) is 6.92 Å². The maximum Gasteiger partial charge on any atom is 0.147 e. The highest BCUT2D eigenvalue weighted by molar-refractivity contribution is 7.90. The Morgan fingerprint density at radius 1 is 0.800 bits per heavy atom. The van der Waals surface area contributed by atoms with Crippen LogP contribution >= 0.6 is 0 Å². The van der Waals surface area contributed by atoms with E-state index in [-0.39, 0.29) is 11.8 Å². The molecule has 0 aliphatic rings. The van der Waals surface area contributed by atoms with E-state index >= 15 is 0 Å². The number of sulfone groups is 1. The molecule has 0 rings (SSSR count). The molecule has 0 aliphatic heterocycles. The van der Waals surface area contributed by atoms with E-state index in [4.69, 9.17) is 5.73 Å². The van der Waals surface area contributed by atoms with E-state index in [1.807, 2.05) is 0 Å². The van der Waals surface area contributed by atoms with Crippen molar-refractivity contribution in [2.75, 3.05) is 12.0 Å². The van der Waals surface area contributed by atoms with Crippen LogP contribution in [0.1, 0.15) is 84.0 Å². The highest BCUT2D eigenvalue weighted by Crippen LogP contribution is 2.12. The van der Waals surface area contributed by atoms with E-state index in [1.165, 1.54) is 64.0 Å². The molecule has 2 N–H and O–H groups in total. The van der Waals surface area contributed by atoms with Crippen LogP contribution in [0.5, 0.6) is 0 Å². The molecule has 0 heterocycles. The fourth-order valence-electron chi connectivity index (χ4n) is 2.47. The summed E-state index contributed by atoms with van der Waals surface area (Å²) in [5.74, 6) is 0.276. The van der Waals surface area contributed by atoms with E-state index < -0.39 is 9.84 Å². The molecule has 0 saturated carbocycles. The SMILES string of the molecule is CCCCCCCCCCCC(N)CCCS(C)(=O)=O. The summed E-state index contributed by atoms with van der Waals surface area (Å²) in [7, 11) is -2.82. The van der Waals surface area contributed by atoms with Gasteiger partial charge in [0.05, 0.1) is 0 Å². The molecule has 3 nitrogen and oxygen atoms in total. The zero-order chi connectivity index (χ0) is 15.3. The third-order valence-electron chi connectivity index (χ3n) is 3.77. The Morgan fingerprint density at radius 2 is 1.25 bits per heavy atom. The van der Waals surface area contributed by atoms with E-state index in [0.717, 1.165) is 12.8 Å². The summed E-state index contributed by atoms with van der Waals surface area (Å²) in [6, 6.07) is 0.182. The average molecular weight is 306 g/mol. The molecule has 0 aromatic rings. The number of unbranched alkanes of at least 4 members (excludes halogenated alkanes) is 8. The summed E-state index contributed by atoms with van der Waals surface area (Å²) in [6.45, 7) is 2.25. The van der Waals surface area contributed by atoms with Crippen molar-refractivity contribution >= 4 is 9.84 Å². The Kier molecular flexibility index (Phi) is 12.6. The lowest BCUT2D eigenvalue weighted by atomic mass is 10.0. The first-order valence-electron chi connectivity index (χ1n) is 8.39. The fourth-order valence-corrected chi connectivity index (χ4v) is 3.16. The average Bonchev–Trinajstić information content (AvgIpc) is 2.35.